The molecule has 0 atom stereocenters. The summed E-state index contributed by atoms with van der Waals surface area (Å²) < 4.78 is 24.5. The summed E-state index contributed by atoms with van der Waals surface area (Å²) in [5.74, 6) is 1.35. The number of benzene rings is 1. The van der Waals surface area contributed by atoms with E-state index in [0.29, 0.717) is 34.3 Å². The number of methoxy groups -OCH3 is 1. The van der Waals surface area contributed by atoms with Crippen molar-refractivity contribution < 1.29 is 13.9 Å². The predicted octanol–water partition coefficient (Wildman–Crippen LogP) is 4.51. The van der Waals surface area contributed by atoms with Crippen LogP contribution in [0.5, 0.6) is 17.4 Å². The molecule has 25 heavy (non-hydrogen) atoms. The average molecular weight is 337 g/mol. The number of rotatable bonds is 5. The van der Waals surface area contributed by atoms with Gasteiger partial charge in [-0.3, -0.25) is 0 Å². The molecular formula is C19H16FN3O2. The molecule has 3 aromatic rings. The second kappa shape index (κ2) is 7.09. The third kappa shape index (κ3) is 3.63. The smallest absolute Gasteiger partial charge is 0.227 e. The van der Waals surface area contributed by atoms with Gasteiger partial charge >= 0.3 is 0 Å². The Bertz CT molecular complexity index is 911. The molecule has 0 N–H and O–H groups in total. The molecule has 0 bridgehead atoms. The van der Waals surface area contributed by atoms with Crippen LogP contribution in [-0.4, -0.2) is 22.1 Å². The van der Waals surface area contributed by atoms with Crippen LogP contribution in [0.1, 0.15) is 12.7 Å². The van der Waals surface area contributed by atoms with Gasteiger partial charge in [0.2, 0.25) is 5.88 Å². The first kappa shape index (κ1) is 16.6. The number of halogens is 1. The van der Waals surface area contributed by atoms with E-state index >= 15 is 0 Å². The van der Waals surface area contributed by atoms with Crippen LogP contribution in [0.4, 0.5) is 4.39 Å². The highest BCUT2D eigenvalue weighted by Gasteiger charge is 2.14. The molecule has 0 radical (unpaired) electrons. The summed E-state index contributed by atoms with van der Waals surface area (Å²) in [6.07, 6.45) is 4.71. The van der Waals surface area contributed by atoms with Gasteiger partial charge in [-0.25, -0.2) is 19.3 Å². The van der Waals surface area contributed by atoms with Crippen molar-refractivity contribution in [1.82, 2.24) is 15.0 Å². The molecule has 0 saturated heterocycles. The first-order valence-electron chi connectivity index (χ1n) is 7.53. The molecule has 0 aliphatic carbocycles. The SMILES string of the molecule is C=C(C)c1ncc(Oc2ncccc2-c2ccc(F)cc2OC)cn1. The molecular weight excluding hydrogens is 321 g/mol. The number of aromatic nitrogens is 3. The maximum absolute atomic E-state index is 13.4. The molecule has 6 heteroatoms. The number of hydrogen-bond donors (Lipinski definition) is 0. The quantitative estimate of drug-likeness (QED) is 0.685. The topological polar surface area (TPSA) is 57.1 Å². The number of hydrogen-bond acceptors (Lipinski definition) is 5. The Balaban J connectivity index is 1.98. The van der Waals surface area contributed by atoms with Gasteiger partial charge in [-0.15, -0.1) is 0 Å². The number of ether oxygens (including phenoxy) is 2. The van der Waals surface area contributed by atoms with Gasteiger partial charge in [0.15, 0.2) is 11.6 Å². The Morgan fingerprint density at radius 2 is 1.84 bits per heavy atom. The van der Waals surface area contributed by atoms with Crippen molar-refractivity contribution >= 4 is 5.57 Å². The Morgan fingerprint density at radius 3 is 2.52 bits per heavy atom. The molecule has 0 spiro atoms. The average Bonchev–Trinajstić information content (AvgIpc) is 2.63. The van der Waals surface area contributed by atoms with Gasteiger partial charge in [-0.1, -0.05) is 6.58 Å². The first-order chi connectivity index (χ1) is 12.1. The molecule has 0 unspecified atom stereocenters. The minimum Gasteiger partial charge on any atom is -0.496 e. The summed E-state index contributed by atoms with van der Waals surface area (Å²) in [5, 5.41) is 0. The largest absolute Gasteiger partial charge is 0.496 e. The van der Waals surface area contributed by atoms with Crippen molar-refractivity contribution in [2.75, 3.05) is 7.11 Å². The minimum absolute atomic E-state index is 0.346. The van der Waals surface area contributed by atoms with E-state index in [0.717, 1.165) is 5.57 Å². The van der Waals surface area contributed by atoms with E-state index in [-0.39, 0.29) is 5.82 Å². The molecule has 2 heterocycles. The monoisotopic (exact) mass is 337 g/mol. The van der Waals surface area contributed by atoms with Crippen LogP contribution in [0, 0.1) is 5.82 Å². The van der Waals surface area contributed by atoms with Crippen molar-refractivity contribution in [1.29, 1.82) is 0 Å². The Labute approximate surface area is 144 Å². The molecule has 0 amide bonds. The molecule has 5 nitrogen and oxygen atoms in total. The number of allylic oxidation sites excluding steroid dienone is 1. The summed E-state index contributed by atoms with van der Waals surface area (Å²) in [6.45, 7) is 5.62. The van der Waals surface area contributed by atoms with E-state index in [1.165, 1.54) is 19.2 Å². The van der Waals surface area contributed by atoms with Gasteiger partial charge in [0.05, 0.1) is 19.5 Å². The van der Waals surface area contributed by atoms with Crippen molar-refractivity contribution in [3.63, 3.8) is 0 Å². The predicted molar refractivity (Wildman–Crippen MR) is 93.0 cm³/mol. The van der Waals surface area contributed by atoms with Gasteiger partial charge in [0, 0.05) is 23.4 Å². The Hall–Kier alpha value is -3.28. The van der Waals surface area contributed by atoms with Crippen LogP contribution >= 0.6 is 0 Å². The van der Waals surface area contributed by atoms with Crippen LogP contribution in [-0.2, 0) is 0 Å². The van der Waals surface area contributed by atoms with E-state index in [2.05, 4.69) is 21.5 Å². The molecule has 0 aliphatic rings. The normalized spacial score (nSPS) is 10.4. The van der Waals surface area contributed by atoms with Gasteiger partial charge in [0.25, 0.3) is 0 Å². The lowest BCUT2D eigenvalue weighted by molar-refractivity contribution is 0.412. The lowest BCUT2D eigenvalue weighted by Gasteiger charge is -2.12. The third-order valence-electron chi connectivity index (χ3n) is 3.45. The molecule has 0 fully saturated rings. The van der Waals surface area contributed by atoms with E-state index < -0.39 is 0 Å². The van der Waals surface area contributed by atoms with Crippen molar-refractivity contribution in [3.8, 4) is 28.5 Å². The second-order valence-corrected chi connectivity index (χ2v) is 5.33. The Kier molecular flexibility index (Phi) is 4.70. The summed E-state index contributed by atoms with van der Waals surface area (Å²) >= 11 is 0. The number of pyridine rings is 1. The molecule has 0 saturated carbocycles. The lowest BCUT2D eigenvalue weighted by atomic mass is 10.1. The van der Waals surface area contributed by atoms with Crippen LogP contribution < -0.4 is 9.47 Å². The summed E-state index contributed by atoms with van der Waals surface area (Å²) in [7, 11) is 1.49. The van der Waals surface area contributed by atoms with E-state index in [9.17, 15) is 4.39 Å². The van der Waals surface area contributed by atoms with E-state index in [1.807, 2.05) is 13.0 Å². The first-order valence-corrected chi connectivity index (χ1v) is 7.53. The number of nitrogens with zero attached hydrogens (tertiary/aromatic N) is 3. The third-order valence-corrected chi connectivity index (χ3v) is 3.45. The fraction of sp³-hybridized carbons (Fsp3) is 0.105. The lowest BCUT2D eigenvalue weighted by Crippen LogP contribution is -1.96. The van der Waals surface area contributed by atoms with Crippen LogP contribution in [0.25, 0.3) is 16.7 Å². The van der Waals surface area contributed by atoms with Gasteiger partial charge in [0.1, 0.15) is 11.6 Å². The van der Waals surface area contributed by atoms with E-state index in [4.69, 9.17) is 9.47 Å². The summed E-state index contributed by atoms with van der Waals surface area (Å²) in [6, 6.07) is 7.89. The zero-order valence-electron chi connectivity index (χ0n) is 13.9. The maximum Gasteiger partial charge on any atom is 0.227 e. The van der Waals surface area contributed by atoms with Gasteiger partial charge in [-0.05, 0) is 36.8 Å². The zero-order chi connectivity index (χ0) is 17.8. The van der Waals surface area contributed by atoms with Gasteiger partial charge in [-0.2, -0.15) is 0 Å². The molecule has 126 valence electrons. The van der Waals surface area contributed by atoms with Crippen LogP contribution in [0.15, 0.2) is 55.5 Å². The van der Waals surface area contributed by atoms with Gasteiger partial charge < -0.3 is 9.47 Å². The highest BCUT2D eigenvalue weighted by atomic mass is 19.1. The molecule has 1 aromatic carbocycles. The van der Waals surface area contributed by atoms with Crippen molar-refractivity contribution in [2.45, 2.75) is 6.92 Å². The minimum atomic E-state index is -0.379. The Morgan fingerprint density at radius 1 is 1.08 bits per heavy atom. The second-order valence-electron chi connectivity index (χ2n) is 5.33. The van der Waals surface area contributed by atoms with Crippen molar-refractivity contribution in [2.24, 2.45) is 0 Å². The maximum atomic E-state index is 13.4. The highest BCUT2D eigenvalue weighted by Crippen LogP contribution is 2.37. The van der Waals surface area contributed by atoms with Crippen molar-refractivity contribution in [3.05, 3.63) is 67.1 Å². The highest BCUT2D eigenvalue weighted by molar-refractivity contribution is 5.74. The fourth-order valence-corrected chi connectivity index (χ4v) is 2.27. The van der Waals surface area contributed by atoms with Crippen LogP contribution in [0.2, 0.25) is 0 Å². The molecule has 3 rings (SSSR count). The summed E-state index contributed by atoms with van der Waals surface area (Å²) in [4.78, 5) is 12.6. The fourth-order valence-electron chi connectivity index (χ4n) is 2.27. The molecule has 2 aromatic heterocycles. The summed E-state index contributed by atoms with van der Waals surface area (Å²) in [5.41, 5.74) is 2.11. The van der Waals surface area contributed by atoms with E-state index in [1.54, 1.807) is 30.7 Å². The standard InChI is InChI=1S/C19H16FN3O2/c1-12(2)18-22-10-14(11-23-18)25-19-16(5-4-8-21-19)15-7-6-13(20)9-17(15)24-3/h4-11H,1H2,2-3H3. The van der Waals surface area contributed by atoms with Crippen LogP contribution in [0.3, 0.4) is 0 Å². The molecule has 0 aliphatic heterocycles. The zero-order valence-corrected chi connectivity index (χ0v) is 13.9.